The summed E-state index contributed by atoms with van der Waals surface area (Å²) < 4.78 is 0. The predicted octanol–water partition coefficient (Wildman–Crippen LogP) is 3.64. The van der Waals surface area contributed by atoms with Gasteiger partial charge in [-0.05, 0) is 56.7 Å². The lowest BCUT2D eigenvalue weighted by atomic mass is 9.93. The Bertz CT molecular complexity index is 738. The third-order valence-electron chi connectivity index (χ3n) is 4.99. The van der Waals surface area contributed by atoms with Gasteiger partial charge >= 0.3 is 0 Å². The minimum atomic E-state index is -1.15. The Morgan fingerprint density at radius 3 is 2.50 bits per heavy atom. The number of allylic oxidation sites excluding steroid dienone is 1. The minimum Gasteiger partial charge on any atom is -0.373 e. The van der Waals surface area contributed by atoms with E-state index in [0.29, 0.717) is 36.0 Å². The van der Waals surface area contributed by atoms with E-state index in [1.165, 1.54) is 0 Å². The molecule has 1 aromatic rings. The van der Waals surface area contributed by atoms with Crippen molar-refractivity contribution in [3.8, 4) is 0 Å². The third kappa shape index (κ3) is 4.28. The van der Waals surface area contributed by atoms with Crippen LogP contribution in [0, 0.1) is 12.8 Å². The van der Waals surface area contributed by atoms with Crippen molar-refractivity contribution < 1.29 is 19.5 Å². The largest absolute Gasteiger partial charge is 0.373 e. The van der Waals surface area contributed by atoms with Crippen LogP contribution in [-0.2, 0) is 4.79 Å². The van der Waals surface area contributed by atoms with Gasteiger partial charge in [-0.3, -0.25) is 14.4 Å². The van der Waals surface area contributed by atoms with Crippen LogP contribution in [0.2, 0.25) is 0 Å². The number of hydrogen-bond donors (Lipinski definition) is 1. The van der Waals surface area contributed by atoms with Gasteiger partial charge in [0.15, 0.2) is 5.78 Å². The predicted molar refractivity (Wildman–Crippen MR) is 99.8 cm³/mol. The first-order chi connectivity index (χ1) is 12.3. The van der Waals surface area contributed by atoms with E-state index >= 15 is 0 Å². The van der Waals surface area contributed by atoms with Crippen LogP contribution < -0.4 is 0 Å². The summed E-state index contributed by atoms with van der Waals surface area (Å²) in [6, 6.07) is 5.11. The van der Waals surface area contributed by atoms with Crippen molar-refractivity contribution in [3.05, 3.63) is 47.0 Å². The number of aryl methyl sites for hydroxylation is 1. The summed E-state index contributed by atoms with van der Waals surface area (Å²) in [7, 11) is 0. The molecule has 5 heteroatoms. The molecule has 1 aromatic carbocycles. The van der Waals surface area contributed by atoms with Crippen molar-refractivity contribution in [2.75, 3.05) is 0 Å². The van der Waals surface area contributed by atoms with Gasteiger partial charge < -0.3 is 5.11 Å². The van der Waals surface area contributed by atoms with E-state index in [1.807, 2.05) is 13.8 Å². The summed E-state index contributed by atoms with van der Waals surface area (Å²) in [6.45, 7) is 9.21. The first-order valence-electron chi connectivity index (χ1n) is 9.11. The van der Waals surface area contributed by atoms with Crippen LogP contribution in [0.5, 0.6) is 0 Å². The van der Waals surface area contributed by atoms with Crippen LogP contribution in [0.1, 0.15) is 72.2 Å². The normalized spacial score (nSPS) is 15.8. The lowest BCUT2D eigenvalue weighted by molar-refractivity contribution is -0.115. The summed E-state index contributed by atoms with van der Waals surface area (Å²) in [5, 5.41) is 10.5. The molecule has 26 heavy (non-hydrogen) atoms. The number of carbonyl (C=O) groups is 3. The smallest absolute Gasteiger partial charge is 0.263 e. The molecule has 1 aliphatic rings. The Morgan fingerprint density at radius 2 is 1.88 bits per heavy atom. The zero-order valence-corrected chi connectivity index (χ0v) is 15.7. The molecular formula is C21H27NO4. The fraction of sp³-hybridized carbons (Fsp3) is 0.476. The van der Waals surface area contributed by atoms with E-state index in [0.717, 1.165) is 23.3 Å². The van der Waals surface area contributed by atoms with Gasteiger partial charge in [0.2, 0.25) is 0 Å². The zero-order chi connectivity index (χ0) is 19.4. The van der Waals surface area contributed by atoms with E-state index in [-0.39, 0.29) is 11.7 Å². The molecule has 2 atom stereocenters. The van der Waals surface area contributed by atoms with Crippen LogP contribution in [-0.4, -0.2) is 33.8 Å². The summed E-state index contributed by atoms with van der Waals surface area (Å²) in [6.07, 6.45) is 1.88. The molecule has 0 aliphatic carbocycles. The highest BCUT2D eigenvalue weighted by Gasteiger charge is 2.39. The van der Waals surface area contributed by atoms with Gasteiger partial charge in [0.05, 0.1) is 11.1 Å². The second-order valence-corrected chi connectivity index (χ2v) is 7.12. The molecule has 2 rings (SSSR count). The minimum absolute atomic E-state index is 0.0520. The van der Waals surface area contributed by atoms with Gasteiger partial charge in [-0.2, -0.15) is 0 Å². The van der Waals surface area contributed by atoms with Crippen molar-refractivity contribution in [3.63, 3.8) is 0 Å². The Kier molecular flexibility index (Phi) is 6.48. The molecule has 5 nitrogen and oxygen atoms in total. The van der Waals surface area contributed by atoms with E-state index in [9.17, 15) is 19.5 Å². The molecule has 0 spiro atoms. The van der Waals surface area contributed by atoms with Crippen molar-refractivity contribution >= 4 is 17.6 Å². The summed E-state index contributed by atoms with van der Waals surface area (Å²) in [5.74, 6) is -0.691. The van der Waals surface area contributed by atoms with E-state index in [2.05, 4.69) is 6.58 Å². The monoisotopic (exact) mass is 357 g/mol. The Labute approximate surface area is 154 Å². The fourth-order valence-corrected chi connectivity index (χ4v) is 3.30. The number of nitrogens with zero attached hydrogens (tertiary/aromatic N) is 1. The van der Waals surface area contributed by atoms with Crippen LogP contribution >= 0.6 is 0 Å². The maximum atomic E-state index is 12.5. The van der Waals surface area contributed by atoms with Crippen LogP contribution in [0.4, 0.5) is 0 Å². The molecule has 1 aliphatic heterocycles. The number of benzene rings is 1. The summed E-state index contributed by atoms with van der Waals surface area (Å²) in [4.78, 5) is 37.6. The molecule has 0 saturated heterocycles. The molecule has 1 heterocycles. The Morgan fingerprint density at radius 1 is 1.23 bits per heavy atom. The highest BCUT2D eigenvalue weighted by atomic mass is 16.3. The average molecular weight is 357 g/mol. The summed E-state index contributed by atoms with van der Waals surface area (Å²) >= 11 is 0. The van der Waals surface area contributed by atoms with Crippen LogP contribution in [0.25, 0.3) is 0 Å². The number of amides is 2. The number of aliphatic hydroxyl groups excluding tert-OH is 1. The first-order valence-corrected chi connectivity index (χ1v) is 9.11. The molecule has 2 unspecified atom stereocenters. The quantitative estimate of drug-likeness (QED) is 0.541. The molecule has 0 radical (unpaired) electrons. The highest BCUT2D eigenvalue weighted by Crippen LogP contribution is 2.28. The van der Waals surface area contributed by atoms with Crippen LogP contribution in [0.3, 0.4) is 0 Å². The second-order valence-electron chi connectivity index (χ2n) is 7.12. The lowest BCUT2D eigenvalue weighted by Gasteiger charge is -2.25. The standard InChI is InChI=1S/C21H27NO4/c1-5-15(7-6-8-18(23)13(2)3)12-19(24)22-20(25)16-10-9-14(4)11-17(16)21(22)26/h9-11,15,19,24H,2,5-8,12H2,1,3-4H3. The highest BCUT2D eigenvalue weighted by molar-refractivity contribution is 6.21. The Hall–Kier alpha value is -2.27. The molecule has 2 amide bonds. The maximum absolute atomic E-state index is 12.5. The van der Waals surface area contributed by atoms with Gasteiger partial charge in [-0.25, -0.2) is 4.90 Å². The fourth-order valence-electron chi connectivity index (χ4n) is 3.30. The lowest BCUT2D eigenvalue weighted by Crippen LogP contribution is -2.40. The molecule has 1 N–H and O–H groups in total. The number of rotatable bonds is 9. The van der Waals surface area contributed by atoms with Gasteiger partial charge in [-0.15, -0.1) is 0 Å². The van der Waals surface area contributed by atoms with Crippen molar-refractivity contribution in [2.24, 2.45) is 5.92 Å². The molecule has 0 bridgehead atoms. The van der Waals surface area contributed by atoms with E-state index in [1.54, 1.807) is 25.1 Å². The summed E-state index contributed by atoms with van der Waals surface area (Å²) in [5.41, 5.74) is 2.16. The molecule has 0 saturated carbocycles. The first kappa shape index (κ1) is 20.0. The van der Waals surface area contributed by atoms with Gasteiger partial charge in [0, 0.05) is 6.42 Å². The number of imide groups is 1. The van der Waals surface area contributed by atoms with Crippen LogP contribution in [0.15, 0.2) is 30.4 Å². The third-order valence-corrected chi connectivity index (χ3v) is 4.99. The number of fused-ring (bicyclic) bond motifs is 1. The van der Waals surface area contributed by atoms with E-state index in [4.69, 9.17) is 0 Å². The van der Waals surface area contributed by atoms with Crippen molar-refractivity contribution in [1.29, 1.82) is 0 Å². The van der Waals surface area contributed by atoms with Gasteiger partial charge in [-0.1, -0.05) is 31.6 Å². The Balaban J connectivity index is 1.99. The molecule has 140 valence electrons. The van der Waals surface area contributed by atoms with E-state index < -0.39 is 18.0 Å². The zero-order valence-electron chi connectivity index (χ0n) is 15.7. The maximum Gasteiger partial charge on any atom is 0.263 e. The molecular weight excluding hydrogens is 330 g/mol. The topological polar surface area (TPSA) is 74.7 Å². The van der Waals surface area contributed by atoms with Gasteiger partial charge in [0.1, 0.15) is 6.23 Å². The molecule has 0 fully saturated rings. The van der Waals surface area contributed by atoms with Gasteiger partial charge in [0.25, 0.3) is 11.8 Å². The SMILES string of the molecule is C=C(C)C(=O)CCCC(CC)CC(O)N1C(=O)c2ccc(C)cc2C1=O. The number of hydrogen-bond acceptors (Lipinski definition) is 4. The number of ketones is 1. The second kappa shape index (κ2) is 8.41. The average Bonchev–Trinajstić information content (AvgIpc) is 2.84. The van der Waals surface area contributed by atoms with Crippen molar-refractivity contribution in [2.45, 2.75) is 59.1 Å². The van der Waals surface area contributed by atoms with Crippen molar-refractivity contribution in [1.82, 2.24) is 4.90 Å². The number of carbonyl (C=O) groups excluding carboxylic acids is 3. The number of aliphatic hydroxyl groups is 1. The molecule has 0 aromatic heterocycles. The number of Topliss-reactive ketones (excluding diaryl/α,β-unsaturated/α-hetero) is 1.